The van der Waals surface area contributed by atoms with E-state index in [4.69, 9.17) is 27.8 Å². The molecule has 0 radical (unpaired) electrons. The lowest BCUT2D eigenvalue weighted by Gasteiger charge is -2.14. The van der Waals surface area contributed by atoms with Crippen molar-refractivity contribution in [2.75, 3.05) is 11.1 Å². The van der Waals surface area contributed by atoms with Gasteiger partial charge in [-0.05, 0) is 36.6 Å². The van der Waals surface area contributed by atoms with E-state index in [0.29, 0.717) is 10.7 Å². The number of nitrogens with one attached hydrogen (secondary N) is 1. The molecule has 0 bridgehead atoms. The van der Waals surface area contributed by atoms with Crippen molar-refractivity contribution < 1.29 is 19.1 Å². The molecule has 2 amide bonds. The molecule has 24 heavy (non-hydrogen) atoms. The van der Waals surface area contributed by atoms with Crippen LogP contribution in [0.25, 0.3) is 0 Å². The van der Waals surface area contributed by atoms with Crippen LogP contribution in [0.1, 0.15) is 27.6 Å². The average molecular weight is 368 g/mol. The first-order chi connectivity index (χ1) is 11.3. The molecular formula is C15H14ClN3O4S. The number of thiophene rings is 1. The van der Waals surface area contributed by atoms with Crippen molar-refractivity contribution in [3.05, 3.63) is 45.8 Å². The molecule has 0 saturated carbocycles. The molecule has 1 heterocycles. The third-order valence-corrected chi connectivity index (χ3v) is 4.18. The highest BCUT2D eigenvalue weighted by molar-refractivity contribution is 7.14. The zero-order valence-electron chi connectivity index (χ0n) is 12.5. The summed E-state index contributed by atoms with van der Waals surface area (Å²) in [6.45, 7) is 1.40. The number of amides is 2. The average Bonchev–Trinajstić information content (AvgIpc) is 2.95. The second-order valence-corrected chi connectivity index (χ2v) is 6.13. The molecule has 0 aliphatic heterocycles. The van der Waals surface area contributed by atoms with E-state index in [-0.39, 0.29) is 16.1 Å². The Kier molecular flexibility index (Phi) is 5.42. The number of halogens is 1. The van der Waals surface area contributed by atoms with Crippen LogP contribution in [-0.4, -0.2) is 23.9 Å². The number of carbonyl (C=O) groups excluding carboxylic acids is 3. The second kappa shape index (κ2) is 7.33. The highest BCUT2D eigenvalue weighted by Crippen LogP contribution is 2.24. The first-order valence-corrected chi connectivity index (χ1v) is 7.99. The Morgan fingerprint density at radius 3 is 2.58 bits per heavy atom. The first kappa shape index (κ1) is 17.8. The Labute approximate surface area is 146 Å². The minimum atomic E-state index is -1.10. The van der Waals surface area contributed by atoms with Crippen molar-refractivity contribution in [2.45, 2.75) is 13.0 Å². The van der Waals surface area contributed by atoms with Crippen LogP contribution in [0.2, 0.25) is 5.02 Å². The van der Waals surface area contributed by atoms with Crippen LogP contribution in [0, 0.1) is 0 Å². The predicted molar refractivity (Wildman–Crippen MR) is 92.2 cm³/mol. The van der Waals surface area contributed by atoms with E-state index in [1.165, 1.54) is 31.2 Å². The maximum absolute atomic E-state index is 12.1. The summed E-state index contributed by atoms with van der Waals surface area (Å²) in [5.41, 5.74) is 11.4. The van der Waals surface area contributed by atoms with Gasteiger partial charge < -0.3 is 21.5 Å². The quantitative estimate of drug-likeness (QED) is 0.552. The molecule has 0 spiro atoms. The number of rotatable bonds is 5. The van der Waals surface area contributed by atoms with Crippen molar-refractivity contribution in [3.8, 4) is 0 Å². The highest BCUT2D eigenvalue weighted by Gasteiger charge is 2.22. The molecule has 0 aliphatic rings. The Hall–Kier alpha value is -2.58. The Bertz CT molecular complexity index is 806. The molecule has 2 rings (SSSR count). The van der Waals surface area contributed by atoms with Gasteiger partial charge in [-0.2, -0.15) is 0 Å². The molecule has 126 valence electrons. The van der Waals surface area contributed by atoms with Gasteiger partial charge in [-0.15, -0.1) is 11.3 Å². The monoisotopic (exact) mass is 367 g/mol. The Morgan fingerprint density at radius 2 is 1.96 bits per heavy atom. The van der Waals surface area contributed by atoms with Crippen LogP contribution in [-0.2, 0) is 9.53 Å². The van der Waals surface area contributed by atoms with Gasteiger partial charge in [0.25, 0.3) is 11.8 Å². The lowest BCUT2D eigenvalue weighted by Crippen LogP contribution is -2.30. The van der Waals surface area contributed by atoms with Gasteiger partial charge in [0.2, 0.25) is 0 Å². The number of hydrogen-bond donors (Lipinski definition) is 3. The highest BCUT2D eigenvalue weighted by atomic mass is 35.5. The van der Waals surface area contributed by atoms with Gasteiger partial charge in [-0.1, -0.05) is 11.6 Å². The molecule has 2 aromatic rings. The van der Waals surface area contributed by atoms with Crippen molar-refractivity contribution >= 4 is 51.4 Å². The minimum absolute atomic E-state index is 0.0967. The number of primary amides is 1. The van der Waals surface area contributed by atoms with Crippen LogP contribution in [0.3, 0.4) is 0 Å². The van der Waals surface area contributed by atoms with Crippen LogP contribution < -0.4 is 16.8 Å². The largest absolute Gasteiger partial charge is 0.449 e. The van der Waals surface area contributed by atoms with Crippen LogP contribution in [0.15, 0.2) is 29.6 Å². The summed E-state index contributed by atoms with van der Waals surface area (Å²) in [5.74, 6) is -2.02. The van der Waals surface area contributed by atoms with E-state index in [1.807, 2.05) is 0 Å². The molecular weight excluding hydrogens is 354 g/mol. The molecule has 0 aliphatic carbocycles. The summed E-state index contributed by atoms with van der Waals surface area (Å²) < 4.78 is 5.08. The Morgan fingerprint density at radius 1 is 1.25 bits per heavy atom. The number of esters is 1. The SMILES string of the molecule is CC(OC(=O)c1ccc(N)cc1Cl)C(=O)Nc1sccc1C(N)=O. The molecule has 0 saturated heterocycles. The fourth-order valence-electron chi connectivity index (χ4n) is 1.79. The van der Waals surface area contributed by atoms with Crippen LogP contribution >= 0.6 is 22.9 Å². The Balaban J connectivity index is 2.04. The van der Waals surface area contributed by atoms with E-state index in [1.54, 1.807) is 5.38 Å². The molecule has 1 aromatic heterocycles. The molecule has 1 unspecified atom stereocenters. The number of carbonyl (C=O) groups is 3. The number of hydrogen-bond acceptors (Lipinski definition) is 6. The van der Waals surface area contributed by atoms with E-state index in [2.05, 4.69) is 5.32 Å². The summed E-state index contributed by atoms with van der Waals surface area (Å²) in [4.78, 5) is 35.4. The number of nitrogen functional groups attached to an aromatic ring is 1. The molecule has 7 nitrogen and oxygen atoms in total. The van der Waals surface area contributed by atoms with E-state index in [0.717, 1.165) is 11.3 Å². The topological polar surface area (TPSA) is 125 Å². The number of ether oxygens (including phenoxy) is 1. The number of benzene rings is 1. The van der Waals surface area contributed by atoms with E-state index >= 15 is 0 Å². The molecule has 9 heteroatoms. The third-order valence-electron chi connectivity index (χ3n) is 3.03. The summed E-state index contributed by atoms with van der Waals surface area (Å²) in [6, 6.07) is 5.81. The van der Waals surface area contributed by atoms with Crippen molar-refractivity contribution in [1.29, 1.82) is 0 Å². The first-order valence-electron chi connectivity index (χ1n) is 6.73. The second-order valence-electron chi connectivity index (χ2n) is 4.80. The smallest absolute Gasteiger partial charge is 0.340 e. The predicted octanol–water partition coefficient (Wildman–Crippen LogP) is 2.27. The van der Waals surface area contributed by atoms with Crippen molar-refractivity contribution in [3.63, 3.8) is 0 Å². The van der Waals surface area contributed by atoms with Gasteiger partial charge in [0.05, 0.1) is 16.1 Å². The maximum atomic E-state index is 12.1. The van der Waals surface area contributed by atoms with E-state index in [9.17, 15) is 14.4 Å². The van der Waals surface area contributed by atoms with Gasteiger partial charge in [-0.25, -0.2) is 4.79 Å². The summed E-state index contributed by atoms with van der Waals surface area (Å²) >= 11 is 7.06. The van der Waals surface area contributed by atoms with E-state index < -0.39 is 23.9 Å². The zero-order chi connectivity index (χ0) is 17.9. The maximum Gasteiger partial charge on any atom is 0.340 e. The molecule has 0 fully saturated rings. The van der Waals surface area contributed by atoms with Crippen LogP contribution in [0.4, 0.5) is 10.7 Å². The third kappa shape index (κ3) is 4.03. The minimum Gasteiger partial charge on any atom is -0.449 e. The fraction of sp³-hybridized carbons (Fsp3) is 0.133. The van der Waals surface area contributed by atoms with Crippen molar-refractivity contribution in [2.24, 2.45) is 5.73 Å². The van der Waals surface area contributed by atoms with Gasteiger partial charge in [0, 0.05) is 5.69 Å². The van der Waals surface area contributed by atoms with Gasteiger partial charge >= 0.3 is 5.97 Å². The van der Waals surface area contributed by atoms with Crippen molar-refractivity contribution in [1.82, 2.24) is 0 Å². The lowest BCUT2D eigenvalue weighted by atomic mass is 10.2. The summed E-state index contributed by atoms with van der Waals surface area (Å²) in [5, 5.41) is 4.53. The van der Waals surface area contributed by atoms with Gasteiger partial charge in [-0.3, -0.25) is 9.59 Å². The molecule has 5 N–H and O–H groups in total. The van der Waals surface area contributed by atoms with Gasteiger partial charge in [0.1, 0.15) is 5.00 Å². The normalized spacial score (nSPS) is 11.6. The molecule has 1 atom stereocenters. The lowest BCUT2D eigenvalue weighted by molar-refractivity contribution is -0.123. The standard InChI is InChI=1S/C15H14ClN3O4S/c1-7(13(21)19-14-10(12(18)20)4-5-24-14)23-15(22)9-3-2-8(17)6-11(9)16/h2-7H,17H2,1H3,(H2,18,20)(H,19,21). The number of nitrogens with two attached hydrogens (primary N) is 2. The fourth-order valence-corrected chi connectivity index (χ4v) is 2.85. The zero-order valence-corrected chi connectivity index (χ0v) is 14.1. The van der Waals surface area contributed by atoms with Gasteiger partial charge in [0.15, 0.2) is 6.10 Å². The molecule has 1 aromatic carbocycles. The van der Waals surface area contributed by atoms with Crippen LogP contribution in [0.5, 0.6) is 0 Å². The summed E-state index contributed by atoms with van der Waals surface area (Å²) in [6.07, 6.45) is -1.10. The number of anilines is 2. The summed E-state index contributed by atoms with van der Waals surface area (Å²) in [7, 11) is 0.